The zero-order chi connectivity index (χ0) is 20.7. The Morgan fingerprint density at radius 3 is 2.18 bits per heavy atom. The normalized spacial score (nSPS) is 12.6. The van der Waals surface area contributed by atoms with Gasteiger partial charge in [0.25, 0.3) is 5.91 Å². The van der Waals surface area contributed by atoms with E-state index in [1.54, 1.807) is 26.0 Å². The van der Waals surface area contributed by atoms with Crippen molar-refractivity contribution in [2.75, 3.05) is 19.7 Å². The Kier molecular flexibility index (Phi) is 8.03. The van der Waals surface area contributed by atoms with E-state index < -0.39 is 10.0 Å². The fraction of sp³-hybridized carbons (Fsp3) is 0.350. The maximum Gasteiger partial charge on any atom is 0.258 e. The van der Waals surface area contributed by atoms with E-state index in [1.165, 1.54) is 16.4 Å². The topological polar surface area (TPSA) is 75.7 Å². The van der Waals surface area contributed by atoms with Gasteiger partial charge in [-0.1, -0.05) is 41.9 Å². The molecule has 0 aromatic heterocycles. The first-order valence-electron chi connectivity index (χ1n) is 9.05. The van der Waals surface area contributed by atoms with Gasteiger partial charge in [0.05, 0.1) is 10.9 Å². The van der Waals surface area contributed by atoms with E-state index in [-0.39, 0.29) is 23.5 Å². The standard InChI is InChI=1S/C20H25BrN2O4S/c1-4-23(5-2)28(25,26)19-12-10-18(11-13-19)27-14-20(24)22-15(3)16-6-8-17(21)9-7-16/h6-13,15H,4-5,14H2,1-3H3,(H,22,24)/t15-/m1/s1. The first-order chi connectivity index (χ1) is 13.3. The molecule has 0 aliphatic rings. The molecule has 0 saturated heterocycles. The van der Waals surface area contributed by atoms with Crippen LogP contribution in [0.2, 0.25) is 0 Å². The number of nitrogens with one attached hydrogen (secondary N) is 1. The van der Waals surface area contributed by atoms with E-state index in [1.807, 2.05) is 31.2 Å². The third-order valence-electron chi connectivity index (χ3n) is 4.28. The molecule has 0 bridgehead atoms. The number of rotatable bonds is 9. The smallest absolute Gasteiger partial charge is 0.258 e. The molecule has 0 unspecified atom stereocenters. The molecule has 0 fully saturated rings. The molecular formula is C20H25BrN2O4S. The van der Waals surface area contributed by atoms with Crippen molar-refractivity contribution in [2.45, 2.75) is 31.7 Å². The molecule has 1 N–H and O–H groups in total. The number of amides is 1. The first kappa shape index (κ1) is 22.4. The molecule has 28 heavy (non-hydrogen) atoms. The molecule has 2 rings (SSSR count). The number of halogens is 1. The van der Waals surface area contributed by atoms with Crippen molar-refractivity contribution in [3.05, 3.63) is 58.6 Å². The number of hydrogen-bond donors (Lipinski definition) is 1. The lowest BCUT2D eigenvalue weighted by Crippen LogP contribution is -2.31. The number of carbonyl (C=O) groups excluding carboxylic acids is 1. The van der Waals surface area contributed by atoms with Gasteiger partial charge in [-0.15, -0.1) is 0 Å². The number of carbonyl (C=O) groups is 1. The van der Waals surface area contributed by atoms with Crippen LogP contribution in [-0.2, 0) is 14.8 Å². The average Bonchev–Trinajstić information content (AvgIpc) is 2.68. The summed E-state index contributed by atoms with van der Waals surface area (Å²) in [5.41, 5.74) is 0.988. The Bertz CT molecular complexity index is 879. The average molecular weight is 469 g/mol. The predicted octanol–water partition coefficient (Wildman–Crippen LogP) is 3.74. The fourth-order valence-corrected chi connectivity index (χ4v) is 4.41. The third kappa shape index (κ3) is 5.80. The van der Waals surface area contributed by atoms with Gasteiger partial charge in [0.15, 0.2) is 6.61 Å². The van der Waals surface area contributed by atoms with E-state index in [9.17, 15) is 13.2 Å². The Morgan fingerprint density at radius 1 is 1.07 bits per heavy atom. The molecule has 1 atom stereocenters. The maximum absolute atomic E-state index is 12.5. The molecule has 0 radical (unpaired) electrons. The molecule has 2 aromatic carbocycles. The lowest BCUT2D eigenvalue weighted by Gasteiger charge is -2.18. The van der Waals surface area contributed by atoms with Crippen LogP contribution < -0.4 is 10.1 Å². The van der Waals surface area contributed by atoms with Gasteiger partial charge in [0, 0.05) is 17.6 Å². The van der Waals surface area contributed by atoms with Crippen LogP contribution in [0.1, 0.15) is 32.4 Å². The number of sulfonamides is 1. The molecular weight excluding hydrogens is 444 g/mol. The van der Waals surface area contributed by atoms with Crippen LogP contribution in [0.5, 0.6) is 5.75 Å². The van der Waals surface area contributed by atoms with Gasteiger partial charge in [-0.25, -0.2) is 8.42 Å². The van der Waals surface area contributed by atoms with Crippen LogP contribution in [0.3, 0.4) is 0 Å². The van der Waals surface area contributed by atoms with E-state index in [4.69, 9.17) is 4.74 Å². The zero-order valence-electron chi connectivity index (χ0n) is 16.2. The second-order valence-electron chi connectivity index (χ2n) is 6.19. The third-order valence-corrected chi connectivity index (χ3v) is 6.88. The largest absolute Gasteiger partial charge is 0.484 e. The summed E-state index contributed by atoms with van der Waals surface area (Å²) >= 11 is 3.38. The highest BCUT2D eigenvalue weighted by molar-refractivity contribution is 9.10. The van der Waals surface area contributed by atoms with Gasteiger partial charge < -0.3 is 10.1 Å². The Morgan fingerprint density at radius 2 is 1.64 bits per heavy atom. The molecule has 2 aromatic rings. The highest BCUT2D eigenvalue weighted by atomic mass is 79.9. The summed E-state index contributed by atoms with van der Waals surface area (Å²) < 4.78 is 32.8. The Balaban J connectivity index is 1.92. The van der Waals surface area contributed by atoms with Crippen LogP contribution in [0.4, 0.5) is 0 Å². The van der Waals surface area contributed by atoms with Gasteiger partial charge in [-0.05, 0) is 48.9 Å². The molecule has 0 aliphatic carbocycles. The van der Waals surface area contributed by atoms with Crippen LogP contribution in [-0.4, -0.2) is 38.3 Å². The van der Waals surface area contributed by atoms with Gasteiger partial charge in [-0.2, -0.15) is 4.31 Å². The monoisotopic (exact) mass is 468 g/mol. The Hall–Kier alpha value is -1.90. The van der Waals surface area contributed by atoms with Crippen molar-refractivity contribution in [3.63, 3.8) is 0 Å². The summed E-state index contributed by atoms with van der Waals surface area (Å²) in [5, 5.41) is 2.87. The maximum atomic E-state index is 12.5. The number of hydrogen-bond acceptors (Lipinski definition) is 4. The van der Waals surface area contributed by atoms with Crippen LogP contribution in [0.15, 0.2) is 57.9 Å². The van der Waals surface area contributed by atoms with Crippen LogP contribution in [0.25, 0.3) is 0 Å². The quantitative estimate of drug-likeness (QED) is 0.607. The highest BCUT2D eigenvalue weighted by Gasteiger charge is 2.21. The lowest BCUT2D eigenvalue weighted by molar-refractivity contribution is -0.123. The van der Waals surface area contributed by atoms with Gasteiger partial charge >= 0.3 is 0 Å². The van der Waals surface area contributed by atoms with Gasteiger partial charge in [0.2, 0.25) is 10.0 Å². The summed E-state index contributed by atoms with van der Waals surface area (Å²) in [6.07, 6.45) is 0. The van der Waals surface area contributed by atoms with E-state index >= 15 is 0 Å². The number of benzene rings is 2. The second-order valence-corrected chi connectivity index (χ2v) is 9.04. The van der Waals surface area contributed by atoms with Crippen molar-refractivity contribution in [1.82, 2.24) is 9.62 Å². The highest BCUT2D eigenvalue weighted by Crippen LogP contribution is 2.20. The summed E-state index contributed by atoms with van der Waals surface area (Å²) in [6, 6.07) is 13.7. The van der Waals surface area contributed by atoms with Crippen LogP contribution >= 0.6 is 15.9 Å². The van der Waals surface area contributed by atoms with Crippen molar-refractivity contribution in [2.24, 2.45) is 0 Å². The molecule has 8 heteroatoms. The summed E-state index contributed by atoms with van der Waals surface area (Å²) in [7, 11) is -3.50. The van der Waals surface area contributed by atoms with E-state index in [2.05, 4.69) is 21.2 Å². The molecule has 0 heterocycles. The molecule has 0 saturated carbocycles. The van der Waals surface area contributed by atoms with Gasteiger partial charge in [-0.3, -0.25) is 4.79 Å². The molecule has 1 amide bonds. The molecule has 0 aliphatic heterocycles. The zero-order valence-corrected chi connectivity index (χ0v) is 18.6. The summed E-state index contributed by atoms with van der Waals surface area (Å²) in [4.78, 5) is 12.3. The molecule has 152 valence electrons. The number of ether oxygens (including phenoxy) is 1. The van der Waals surface area contributed by atoms with Gasteiger partial charge in [0.1, 0.15) is 5.75 Å². The predicted molar refractivity (Wildman–Crippen MR) is 113 cm³/mol. The second kappa shape index (κ2) is 10.0. The first-order valence-corrected chi connectivity index (χ1v) is 11.3. The summed E-state index contributed by atoms with van der Waals surface area (Å²) in [5.74, 6) is 0.181. The molecule has 6 nitrogen and oxygen atoms in total. The van der Waals surface area contributed by atoms with Crippen molar-refractivity contribution < 1.29 is 17.9 Å². The fourth-order valence-electron chi connectivity index (χ4n) is 2.69. The Labute approximate surface area is 175 Å². The van der Waals surface area contributed by atoms with Crippen molar-refractivity contribution in [3.8, 4) is 5.75 Å². The van der Waals surface area contributed by atoms with E-state index in [0.29, 0.717) is 18.8 Å². The van der Waals surface area contributed by atoms with Crippen molar-refractivity contribution in [1.29, 1.82) is 0 Å². The number of nitrogens with zero attached hydrogens (tertiary/aromatic N) is 1. The minimum absolute atomic E-state index is 0.147. The molecule has 0 spiro atoms. The van der Waals surface area contributed by atoms with E-state index in [0.717, 1.165) is 10.0 Å². The summed E-state index contributed by atoms with van der Waals surface area (Å²) in [6.45, 7) is 6.16. The SMILES string of the molecule is CCN(CC)S(=O)(=O)c1ccc(OCC(=O)N[C@H](C)c2ccc(Br)cc2)cc1. The lowest BCUT2D eigenvalue weighted by atomic mass is 10.1. The van der Waals surface area contributed by atoms with Crippen molar-refractivity contribution >= 4 is 31.9 Å². The minimum Gasteiger partial charge on any atom is -0.484 e. The minimum atomic E-state index is -3.50. The van der Waals surface area contributed by atoms with Crippen LogP contribution in [0, 0.1) is 0 Å².